The molecule has 18 heteroatoms. The molecule has 0 radical (unpaired) electrons. The second-order valence-corrected chi connectivity index (χ2v) is 16.7. The van der Waals surface area contributed by atoms with Gasteiger partial charge in [-0.1, -0.05) is 157 Å². The number of rotatable bonds is 18. The second-order valence-electron chi connectivity index (χ2n) is 16.7. The van der Waals surface area contributed by atoms with Gasteiger partial charge in [0.25, 0.3) is 0 Å². The molecule has 0 bridgehead atoms. The van der Waals surface area contributed by atoms with Crippen LogP contribution in [0.1, 0.15) is 41.2 Å². The minimum Gasteiger partial charge on any atom is -0.445 e. The molecule has 5 aromatic carbocycles. The van der Waals surface area contributed by atoms with Crippen LogP contribution in [0.4, 0.5) is 14.4 Å². The van der Waals surface area contributed by atoms with Gasteiger partial charge in [0.05, 0.1) is 43.0 Å². The van der Waals surface area contributed by atoms with Crippen LogP contribution in [0.3, 0.4) is 0 Å². The van der Waals surface area contributed by atoms with Crippen molar-refractivity contribution in [1.29, 1.82) is 0 Å². The van der Waals surface area contributed by atoms with Gasteiger partial charge in [-0.2, -0.15) is 0 Å². The smallest absolute Gasteiger partial charge is 0.410 e. The summed E-state index contributed by atoms with van der Waals surface area (Å²) in [5.74, 6) is 0. The SMILES string of the molecule is C[C@@H]([C@H]1O[C@H](O[C@H]2[C@H](O)[C@@H](O)[C@H](NC(=O)OCc3ccccc3)[C@@H](O)[C@@H]2NC(=O)OCc2ccccc2)[C@H](N=[N+]=[N-])C[C@@H]1OCc1ccccc1)N(Cc1ccccc1)C(=O)OCc1ccccc1. The van der Waals surface area contributed by atoms with Gasteiger partial charge in [-0.25, -0.2) is 14.4 Å². The minimum atomic E-state index is -1.94. The van der Waals surface area contributed by atoms with Crippen molar-refractivity contribution in [1.82, 2.24) is 15.5 Å². The zero-order valence-electron chi connectivity index (χ0n) is 37.8. The summed E-state index contributed by atoms with van der Waals surface area (Å²) in [5.41, 5.74) is 13.6. The van der Waals surface area contributed by atoms with Crippen LogP contribution in [0.5, 0.6) is 0 Å². The van der Waals surface area contributed by atoms with Crippen LogP contribution in [0.25, 0.3) is 10.4 Å². The van der Waals surface area contributed by atoms with Crippen LogP contribution in [0.2, 0.25) is 0 Å². The molecule has 5 N–H and O–H groups in total. The number of hydrogen-bond donors (Lipinski definition) is 5. The van der Waals surface area contributed by atoms with E-state index in [0.29, 0.717) is 11.1 Å². The number of nitrogens with one attached hydrogen (secondary N) is 2. The molecule has 2 fully saturated rings. The van der Waals surface area contributed by atoms with Crippen molar-refractivity contribution in [2.24, 2.45) is 5.11 Å². The molecule has 7 rings (SSSR count). The normalized spacial score (nSPS) is 24.6. The molecule has 0 unspecified atom stereocenters. The van der Waals surface area contributed by atoms with Crippen molar-refractivity contribution >= 4 is 18.3 Å². The maximum absolute atomic E-state index is 14.2. The highest BCUT2D eigenvalue weighted by molar-refractivity contribution is 5.69. The van der Waals surface area contributed by atoms with Crippen LogP contribution >= 0.6 is 0 Å². The van der Waals surface area contributed by atoms with Crippen molar-refractivity contribution in [3.05, 3.63) is 190 Å². The van der Waals surface area contributed by atoms with Gasteiger partial charge in [0.2, 0.25) is 0 Å². The number of hydrogen-bond acceptors (Lipinski definition) is 13. The Balaban J connectivity index is 1.18. The summed E-state index contributed by atoms with van der Waals surface area (Å²) in [5, 5.41) is 44.4. The van der Waals surface area contributed by atoms with Gasteiger partial charge in [0, 0.05) is 11.5 Å². The monoisotopic (exact) mass is 944 g/mol. The number of carbonyl (C=O) groups excluding carboxylic acids is 3. The lowest BCUT2D eigenvalue weighted by molar-refractivity contribution is -0.289. The Morgan fingerprint density at radius 2 is 1.10 bits per heavy atom. The second kappa shape index (κ2) is 24.8. The Hall–Kier alpha value is -7.02. The van der Waals surface area contributed by atoms with Gasteiger partial charge in [-0.05, 0) is 46.7 Å². The molecule has 3 amide bonds. The van der Waals surface area contributed by atoms with E-state index < -0.39 is 85.4 Å². The fourth-order valence-corrected chi connectivity index (χ4v) is 8.31. The molecule has 1 aliphatic heterocycles. The van der Waals surface area contributed by atoms with E-state index in [9.17, 15) is 35.2 Å². The average Bonchev–Trinajstić information content (AvgIpc) is 3.38. The zero-order valence-corrected chi connectivity index (χ0v) is 37.8. The number of aliphatic hydroxyl groups excluding tert-OH is 3. The lowest BCUT2D eigenvalue weighted by Crippen LogP contribution is -2.73. The summed E-state index contributed by atoms with van der Waals surface area (Å²) in [7, 11) is 0. The number of aliphatic hydroxyl groups is 3. The van der Waals surface area contributed by atoms with Crippen LogP contribution in [0, 0.1) is 0 Å². The molecule has 0 spiro atoms. The molecule has 11 atom stereocenters. The Kier molecular flexibility index (Phi) is 18.0. The van der Waals surface area contributed by atoms with E-state index in [-0.39, 0.29) is 39.4 Å². The van der Waals surface area contributed by atoms with Crippen LogP contribution in [-0.2, 0) is 61.4 Å². The average molecular weight is 945 g/mol. The summed E-state index contributed by atoms with van der Waals surface area (Å²) in [6.07, 6.45) is -13.6. The highest BCUT2D eigenvalue weighted by atomic mass is 16.7. The number of benzene rings is 5. The number of carbonyl (C=O) groups is 3. The summed E-state index contributed by atoms with van der Waals surface area (Å²) in [6.45, 7) is 1.63. The van der Waals surface area contributed by atoms with E-state index in [0.717, 1.165) is 16.7 Å². The predicted octanol–water partition coefficient (Wildman–Crippen LogP) is 6.66. The first-order valence-corrected chi connectivity index (χ1v) is 22.6. The molecule has 5 aromatic rings. The fraction of sp³-hybridized carbons (Fsp3) is 0.353. The van der Waals surface area contributed by atoms with Crippen molar-refractivity contribution in [3.8, 4) is 0 Å². The van der Waals surface area contributed by atoms with Crippen molar-refractivity contribution in [3.63, 3.8) is 0 Å². The third-order valence-corrected chi connectivity index (χ3v) is 12.0. The van der Waals surface area contributed by atoms with E-state index in [2.05, 4.69) is 20.7 Å². The molecule has 69 heavy (non-hydrogen) atoms. The number of azide groups is 1. The Labute approximate surface area is 399 Å². The third kappa shape index (κ3) is 13.8. The first kappa shape index (κ1) is 49.9. The molecule has 1 saturated carbocycles. The molecular weight excluding hydrogens is 889 g/mol. The number of ether oxygens (including phenoxy) is 6. The Bertz CT molecular complexity index is 2420. The van der Waals surface area contributed by atoms with E-state index in [1.165, 1.54) is 4.90 Å². The van der Waals surface area contributed by atoms with Crippen molar-refractivity contribution in [2.45, 2.75) is 113 Å². The quantitative estimate of drug-likeness (QED) is 0.0268. The van der Waals surface area contributed by atoms with Gasteiger partial charge < -0.3 is 54.4 Å². The van der Waals surface area contributed by atoms with Crippen molar-refractivity contribution in [2.75, 3.05) is 0 Å². The third-order valence-electron chi connectivity index (χ3n) is 12.0. The standard InChI is InChI=1S/C51H56N6O12/c1-33(57(28-34-17-7-2-8-18-34)51(63)67-32-38-25-15-6-16-26-38)46-40(64-29-35-19-9-3-10-20-35)27-39(55-56-52)48(68-46)69-47-42(54-50(62)66-31-37-23-13-5-14-24-37)43(58)41(44(59)45(47)60)53-49(61)65-30-36-21-11-4-12-22-36/h2-26,33,39-48,58-60H,27-32H2,1H3,(H,53,61)(H,54,62)/t33-,39+,40-,41+,42-,43+,44-,45+,46+,47+,48+/m0/s1. The van der Waals surface area contributed by atoms with Gasteiger partial charge in [0.15, 0.2) is 6.29 Å². The van der Waals surface area contributed by atoms with E-state index in [4.69, 9.17) is 28.4 Å². The van der Waals surface area contributed by atoms with E-state index >= 15 is 0 Å². The summed E-state index contributed by atoms with van der Waals surface area (Å²) >= 11 is 0. The highest BCUT2D eigenvalue weighted by Gasteiger charge is 2.54. The topological polar surface area (TPSA) is 243 Å². The largest absolute Gasteiger partial charge is 0.445 e. The molecule has 18 nitrogen and oxygen atoms in total. The molecule has 362 valence electrons. The van der Waals surface area contributed by atoms with E-state index in [1.54, 1.807) is 67.6 Å². The van der Waals surface area contributed by atoms with Gasteiger partial charge in [0.1, 0.15) is 44.2 Å². The zero-order chi connectivity index (χ0) is 48.5. The molecule has 1 heterocycles. The number of alkyl carbamates (subject to hydrolysis) is 2. The Morgan fingerprint density at radius 3 is 1.59 bits per heavy atom. The first-order valence-electron chi connectivity index (χ1n) is 22.6. The van der Waals surface area contributed by atoms with Gasteiger partial charge in [-0.15, -0.1) is 0 Å². The molecular formula is C51H56N6O12. The van der Waals surface area contributed by atoms with Gasteiger partial charge >= 0.3 is 18.3 Å². The minimum absolute atomic E-state index is 0.0190. The first-order chi connectivity index (χ1) is 33.6. The summed E-state index contributed by atoms with van der Waals surface area (Å²) in [6, 6.07) is 40.2. The van der Waals surface area contributed by atoms with Crippen LogP contribution in [0.15, 0.2) is 157 Å². The number of nitrogens with zero attached hydrogens (tertiary/aromatic N) is 4. The van der Waals surface area contributed by atoms with E-state index in [1.807, 2.05) is 91.0 Å². The fourth-order valence-electron chi connectivity index (χ4n) is 8.31. The number of amides is 3. The maximum Gasteiger partial charge on any atom is 0.410 e. The lowest BCUT2D eigenvalue weighted by Gasteiger charge is -2.49. The summed E-state index contributed by atoms with van der Waals surface area (Å²) < 4.78 is 36.4. The molecule has 1 saturated heterocycles. The van der Waals surface area contributed by atoms with Crippen LogP contribution in [-0.4, -0.2) is 106 Å². The summed E-state index contributed by atoms with van der Waals surface area (Å²) in [4.78, 5) is 45.4. The van der Waals surface area contributed by atoms with Crippen LogP contribution < -0.4 is 10.6 Å². The molecule has 0 aromatic heterocycles. The molecule has 1 aliphatic carbocycles. The predicted molar refractivity (Wildman–Crippen MR) is 249 cm³/mol. The van der Waals surface area contributed by atoms with Crippen molar-refractivity contribution < 1.29 is 58.1 Å². The maximum atomic E-state index is 14.2. The molecule has 2 aliphatic rings. The van der Waals surface area contributed by atoms with Gasteiger partial charge in [-0.3, -0.25) is 4.90 Å². The highest BCUT2D eigenvalue weighted by Crippen LogP contribution is 2.35. The lowest BCUT2D eigenvalue weighted by atomic mass is 9.81. The Morgan fingerprint density at radius 1 is 0.652 bits per heavy atom.